The molecular weight excluding hydrogens is 416 g/mol. The van der Waals surface area contributed by atoms with Crippen LogP contribution in [-0.2, 0) is 4.79 Å². The third kappa shape index (κ3) is 4.19. The third-order valence-corrected chi connectivity index (χ3v) is 7.94. The highest BCUT2D eigenvalue weighted by atomic mass is 16.4. The van der Waals surface area contributed by atoms with Crippen LogP contribution in [0.3, 0.4) is 0 Å². The maximum Gasteiger partial charge on any atom is 0.417 e. The molecule has 1 saturated carbocycles. The molecule has 1 amide bonds. The normalized spacial score (nSPS) is 25.8. The fraction of sp³-hybridized carbons (Fsp3) is 0.577. The average Bonchev–Trinajstić information content (AvgIpc) is 3.32. The highest BCUT2D eigenvalue weighted by Crippen LogP contribution is 2.35. The standard InChI is InChI=1S/C26H34N4O3/c1-16-6-8-19(9-7-16)23-28-24(31)26(29-23)10-13-30(14-11-26)12-4-5-20-17(2)15-21-22(18(20)3)33-25(32)27-21/h4-5,15-16,19H,6-14H2,1-3H3,(H,27,32)(H,28,29,31)/b5-4+. The van der Waals surface area contributed by atoms with E-state index in [0.29, 0.717) is 11.5 Å². The molecule has 176 valence electrons. The molecule has 2 aromatic rings. The van der Waals surface area contributed by atoms with Gasteiger partial charge in [-0.3, -0.25) is 19.7 Å². The summed E-state index contributed by atoms with van der Waals surface area (Å²) in [6, 6.07) is 1.96. The number of likely N-dealkylation sites (tertiary alicyclic amines) is 1. The number of aryl methyl sites for hydroxylation is 2. The molecule has 2 N–H and O–H groups in total. The molecule has 0 radical (unpaired) electrons. The number of nitrogens with zero attached hydrogens (tertiary/aromatic N) is 2. The van der Waals surface area contributed by atoms with Gasteiger partial charge in [0.15, 0.2) is 5.58 Å². The van der Waals surface area contributed by atoms with Crippen LogP contribution in [0.25, 0.3) is 17.2 Å². The predicted molar refractivity (Wildman–Crippen MR) is 130 cm³/mol. The molecular formula is C26H34N4O3. The lowest BCUT2D eigenvalue weighted by Crippen LogP contribution is -2.49. The highest BCUT2D eigenvalue weighted by Gasteiger charge is 2.46. The molecule has 0 unspecified atom stereocenters. The van der Waals surface area contributed by atoms with E-state index < -0.39 is 11.3 Å². The van der Waals surface area contributed by atoms with Gasteiger partial charge in [-0.15, -0.1) is 0 Å². The van der Waals surface area contributed by atoms with E-state index in [2.05, 4.69) is 34.3 Å². The van der Waals surface area contributed by atoms with Crippen molar-refractivity contribution in [2.75, 3.05) is 19.6 Å². The Kier molecular flexibility index (Phi) is 5.77. The van der Waals surface area contributed by atoms with E-state index in [4.69, 9.17) is 9.41 Å². The van der Waals surface area contributed by atoms with Crippen molar-refractivity contribution in [2.45, 2.75) is 64.8 Å². The Labute approximate surface area is 194 Å². The maximum atomic E-state index is 12.9. The molecule has 33 heavy (non-hydrogen) atoms. The molecule has 5 rings (SSSR count). The van der Waals surface area contributed by atoms with Gasteiger partial charge in [0.25, 0.3) is 5.91 Å². The molecule has 0 atom stereocenters. The van der Waals surface area contributed by atoms with E-state index in [1.54, 1.807) is 0 Å². The zero-order valence-corrected chi connectivity index (χ0v) is 19.9. The molecule has 7 nitrogen and oxygen atoms in total. The van der Waals surface area contributed by atoms with Crippen LogP contribution in [0.1, 0.15) is 62.1 Å². The first-order valence-electron chi connectivity index (χ1n) is 12.3. The number of amidine groups is 1. The van der Waals surface area contributed by atoms with Crippen molar-refractivity contribution < 1.29 is 9.21 Å². The van der Waals surface area contributed by atoms with E-state index in [9.17, 15) is 9.59 Å². The molecule has 0 bridgehead atoms. The minimum absolute atomic E-state index is 0.110. The fourth-order valence-electron chi connectivity index (χ4n) is 5.72. The second-order valence-corrected chi connectivity index (χ2v) is 10.3. The second kappa shape index (κ2) is 8.60. The van der Waals surface area contributed by atoms with Gasteiger partial charge in [-0.2, -0.15) is 0 Å². The fourth-order valence-corrected chi connectivity index (χ4v) is 5.72. The Morgan fingerprint density at radius 3 is 2.64 bits per heavy atom. The number of carbonyl (C=O) groups excluding carboxylic acids is 1. The summed E-state index contributed by atoms with van der Waals surface area (Å²) in [5.74, 6) is 1.87. The number of nitrogens with one attached hydrogen (secondary N) is 2. The van der Waals surface area contributed by atoms with Crippen LogP contribution < -0.4 is 11.1 Å². The Hall–Kier alpha value is -2.67. The summed E-state index contributed by atoms with van der Waals surface area (Å²) in [5.41, 5.74) is 3.98. The molecule has 2 fully saturated rings. The number of H-pyrrole nitrogens is 1. The molecule has 1 saturated heterocycles. The number of aliphatic imine (C=N–C) groups is 1. The first-order chi connectivity index (χ1) is 15.8. The number of rotatable bonds is 4. The van der Waals surface area contributed by atoms with Crippen molar-refractivity contribution in [3.8, 4) is 0 Å². The van der Waals surface area contributed by atoms with Crippen molar-refractivity contribution in [1.82, 2.24) is 15.2 Å². The lowest BCUT2D eigenvalue weighted by molar-refractivity contribution is -0.125. The highest BCUT2D eigenvalue weighted by molar-refractivity contribution is 6.09. The second-order valence-electron chi connectivity index (χ2n) is 10.3. The number of carbonyl (C=O) groups is 1. The van der Waals surface area contributed by atoms with Gasteiger partial charge in [0.1, 0.15) is 11.4 Å². The Morgan fingerprint density at radius 2 is 1.91 bits per heavy atom. The lowest BCUT2D eigenvalue weighted by atomic mass is 9.82. The van der Waals surface area contributed by atoms with Crippen molar-refractivity contribution in [1.29, 1.82) is 0 Å². The quantitative estimate of drug-likeness (QED) is 0.738. The van der Waals surface area contributed by atoms with Crippen LogP contribution >= 0.6 is 0 Å². The smallest absolute Gasteiger partial charge is 0.408 e. The predicted octanol–water partition coefficient (Wildman–Crippen LogP) is 3.94. The molecule has 7 heteroatoms. The van der Waals surface area contributed by atoms with Crippen molar-refractivity contribution in [3.63, 3.8) is 0 Å². The SMILES string of the molecule is Cc1cc2[nH]c(=O)oc2c(C)c1/C=C/CN1CCC2(CC1)N=C(C1CCC(C)CC1)NC2=O. The number of oxazole rings is 1. The Morgan fingerprint density at radius 1 is 1.18 bits per heavy atom. The van der Waals surface area contributed by atoms with E-state index in [1.807, 2.05) is 19.9 Å². The monoisotopic (exact) mass is 450 g/mol. The topological polar surface area (TPSA) is 90.7 Å². The molecule has 1 spiro atoms. The largest absolute Gasteiger partial charge is 0.417 e. The summed E-state index contributed by atoms with van der Waals surface area (Å²) >= 11 is 0. The minimum Gasteiger partial charge on any atom is -0.408 e. The summed E-state index contributed by atoms with van der Waals surface area (Å²) in [4.78, 5) is 34.5. The van der Waals surface area contributed by atoms with E-state index in [1.165, 1.54) is 12.8 Å². The number of hydrogen-bond donors (Lipinski definition) is 2. The summed E-state index contributed by atoms with van der Waals surface area (Å²) in [5, 5.41) is 3.15. The number of fused-ring (bicyclic) bond motifs is 1. The van der Waals surface area contributed by atoms with E-state index >= 15 is 0 Å². The molecule has 3 aliphatic rings. The number of amides is 1. The summed E-state index contributed by atoms with van der Waals surface area (Å²) in [7, 11) is 0. The molecule has 1 aliphatic carbocycles. The summed E-state index contributed by atoms with van der Waals surface area (Å²) in [6.45, 7) is 8.89. The zero-order valence-electron chi connectivity index (χ0n) is 19.9. The van der Waals surface area contributed by atoms with Crippen LogP contribution in [-0.4, -0.2) is 46.8 Å². The van der Waals surface area contributed by atoms with E-state index in [-0.39, 0.29) is 5.91 Å². The molecule has 1 aromatic carbocycles. The van der Waals surface area contributed by atoms with Gasteiger partial charge in [0.05, 0.1) is 5.52 Å². The van der Waals surface area contributed by atoms with Crippen LogP contribution in [0, 0.1) is 25.7 Å². The lowest BCUT2D eigenvalue weighted by Gasteiger charge is -2.35. The minimum atomic E-state index is -0.553. The third-order valence-electron chi connectivity index (χ3n) is 7.94. The number of piperidine rings is 1. The van der Waals surface area contributed by atoms with Crippen molar-refractivity contribution in [2.24, 2.45) is 16.8 Å². The zero-order chi connectivity index (χ0) is 23.2. The van der Waals surface area contributed by atoms with Gasteiger partial charge >= 0.3 is 5.76 Å². The number of aromatic nitrogens is 1. The van der Waals surface area contributed by atoms with Gasteiger partial charge in [0, 0.05) is 31.1 Å². The van der Waals surface area contributed by atoms with Gasteiger partial charge in [-0.05, 0) is 62.6 Å². The van der Waals surface area contributed by atoms with Crippen LogP contribution in [0.2, 0.25) is 0 Å². The van der Waals surface area contributed by atoms with E-state index in [0.717, 1.165) is 79.3 Å². The summed E-state index contributed by atoms with van der Waals surface area (Å²) in [6.07, 6.45) is 10.6. The molecule has 1 aromatic heterocycles. The van der Waals surface area contributed by atoms with Gasteiger partial charge < -0.3 is 9.73 Å². The van der Waals surface area contributed by atoms with Gasteiger partial charge in [0.2, 0.25) is 0 Å². The van der Waals surface area contributed by atoms with Crippen LogP contribution in [0.5, 0.6) is 0 Å². The Bertz CT molecular complexity index is 1170. The van der Waals surface area contributed by atoms with Crippen LogP contribution in [0.4, 0.5) is 0 Å². The number of hydrogen-bond acceptors (Lipinski definition) is 5. The first kappa shape index (κ1) is 22.1. The first-order valence-corrected chi connectivity index (χ1v) is 12.3. The number of benzene rings is 1. The van der Waals surface area contributed by atoms with Crippen molar-refractivity contribution in [3.05, 3.63) is 39.4 Å². The van der Waals surface area contributed by atoms with Crippen LogP contribution in [0.15, 0.2) is 26.3 Å². The molecule has 3 heterocycles. The van der Waals surface area contributed by atoms with Gasteiger partial charge in [-0.25, -0.2) is 4.79 Å². The van der Waals surface area contributed by atoms with Gasteiger partial charge in [-0.1, -0.05) is 31.9 Å². The number of aromatic amines is 1. The summed E-state index contributed by atoms with van der Waals surface area (Å²) < 4.78 is 5.31. The Balaban J connectivity index is 1.21. The molecule has 2 aliphatic heterocycles. The average molecular weight is 451 g/mol. The van der Waals surface area contributed by atoms with Crippen molar-refractivity contribution >= 4 is 28.9 Å². The maximum absolute atomic E-state index is 12.9.